The zero-order valence-electron chi connectivity index (χ0n) is 17.1. The van der Waals surface area contributed by atoms with Crippen molar-refractivity contribution in [3.63, 3.8) is 0 Å². The predicted molar refractivity (Wildman–Crippen MR) is 120 cm³/mol. The molecule has 0 spiro atoms. The number of benzene rings is 3. The summed E-state index contributed by atoms with van der Waals surface area (Å²) >= 11 is 6.12. The van der Waals surface area contributed by atoms with Gasteiger partial charge in [-0.15, -0.1) is 0 Å². The first kappa shape index (κ1) is 21.1. The number of amides is 1. The number of carbonyl (C=O) groups excluding carboxylic acids is 1. The number of carbonyl (C=O) groups is 1. The van der Waals surface area contributed by atoms with Gasteiger partial charge in [-0.1, -0.05) is 65.3 Å². The average molecular weight is 437 g/mol. The van der Waals surface area contributed by atoms with Gasteiger partial charge in [-0.2, -0.15) is 0 Å². The molecule has 0 aliphatic carbocycles. The standard InChI is InChI=1S/C25H22ClFN2O2/c1-17-7-2-3-10-21(17)24-14-20(31-28-24)16-29(15-18-8-6-9-19(26)13-18)25(30)22-11-4-5-12-23(22)27/h2-13,20H,14-16H2,1H3/t20-/m0/s1. The van der Waals surface area contributed by atoms with Crippen LogP contribution in [0.5, 0.6) is 0 Å². The lowest BCUT2D eigenvalue weighted by Gasteiger charge is -2.25. The summed E-state index contributed by atoms with van der Waals surface area (Å²) in [6.45, 7) is 2.59. The molecular weight excluding hydrogens is 415 g/mol. The molecule has 158 valence electrons. The maximum atomic E-state index is 14.3. The van der Waals surface area contributed by atoms with Crippen LogP contribution in [0.25, 0.3) is 0 Å². The SMILES string of the molecule is Cc1ccccc1C1=NO[C@H](CN(Cc2cccc(Cl)c2)C(=O)c2ccccc2F)C1. The van der Waals surface area contributed by atoms with Gasteiger partial charge >= 0.3 is 0 Å². The van der Waals surface area contributed by atoms with Crippen molar-refractivity contribution in [2.45, 2.75) is 26.0 Å². The number of hydrogen-bond acceptors (Lipinski definition) is 3. The Labute approximate surface area is 185 Å². The van der Waals surface area contributed by atoms with Crippen LogP contribution in [0.1, 0.15) is 33.5 Å². The minimum Gasteiger partial charge on any atom is -0.390 e. The Kier molecular flexibility index (Phi) is 6.33. The van der Waals surface area contributed by atoms with E-state index in [0.29, 0.717) is 11.4 Å². The van der Waals surface area contributed by atoms with Crippen molar-refractivity contribution in [3.8, 4) is 0 Å². The Morgan fingerprint density at radius 1 is 1.13 bits per heavy atom. The molecule has 3 aromatic carbocycles. The summed E-state index contributed by atoms with van der Waals surface area (Å²) < 4.78 is 14.3. The average Bonchev–Trinajstić information content (AvgIpc) is 3.22. The maximum absolute atomic E-state index is 14.3. The van der Waals surface area contributed by atoms with Crippen molar-refractivity contribution in [2.24, 2.45) is 5.16 Å². The van der Waals surface area contributed by atoms with Gasteiger partial charge < -0.3 is 9.74 Å². The summed E-state index contributed by atoms with van der Waals surface area (Å²) in [4.78, 5) is 20.5. The predicted octanol–water partition coefficient (Wildman–Crippen LogP) is 5.62. The third kappa shape index (κ3) is 4.94. The highest BCUT2D eigenvalue weighted by molar-refractivity contribution is 6.30. The van der Waals surface area contributed by atoms with E-state index < -0.39 is 11.7 Å². The van der Waals surface area contributed by atoms with Crippen LogP contribution in [0.2, 0.25) is 5.02 Å². The second-order valence-corrected chi connectivity index (χ2v) is 8.02. The number of aryl methyl sites for hydroxylation is 1. The Morgan fingerprint density at radius 3 is 2.68 bits per heavy atom. The zero-order chi connectivity index (χ0) is 21.8. The van der Waals surface area contributed by atoms with Crippen molar-refractivity contribution in [2.75, 3.05) is 6.54 Å². The quantitative estimate of drug-likeness (QED) is 0.503. The molecule has 1 amide bonds. The molecule has 0 saturated heterocycles. The minimum atomic E-state index is -0.548. The van der Waals surface area contributed by atoms with E-state index in [0.717, 1.165) is 22.4 Å². The van der Waals surface area contributed by atoms with Crippen molar-refractivity contribution < 1.29 is 14.0 Å². The Hall–Kier alpha value is -3.18. The van der Waals surface area contributed by atoms with E-state index >= 15 is 0 Å². The molecule has 1 heterocycles. The highest BCUT2D eigenvalue weighted by Gasteiger charge is 2.28. The van der Waals surface area contributed by atoms with Crippen molar-refractivity contribution in [3.05, 3.63) is 106 Å². The Morgan fingerprint density at radius 2 is 1.90 bits per heavy atom. The molecule has 1 atom stereocenters. The fourth-order valence-electron chi connectivity index (χ4n) is 3.71. The van der Waals surface area contributed by atoms with E-state index in [1.54, 1.807) is 29.2 Å². The molecule has 0 saturated carbocycles. The molecule has 0 unspecified atom stereocenters. The maximum Gasteiger partial charge on any atom is 0.257 e. The van der Waals surface area contributed by atoms with Crippen molar-refractivity contribution >= 4 is 23.2 Å². The Balaban J connectivity index is 1.54. The summed E-state index contributed by atoms with van der Waals surface area (Å²) in [7, 11) is 0. The second kappa shape index (κ2) is 9.31. The molecule has 3 aromatic rings. The molecule has 0 fully saturated rings. The van der Waals surface area contributed by atoms with E-state index in [-0.39, 0.29) is 24.8 Å². The first-order chi connectivity index (χ1) is 15.0. The van der Waals surface area contributed by atoms with Crippen molar-refractivity contribution in [1.29, 1.82) is 0 Å². The van der Waals surface area contributed by atoms with Gasteiger partial charge in [0.25, 0.3) is 5.91 Å². The lowest BCUT2D eigenvalue weighted by Crippen LogP contribution is -2.37. The van der Waals surface area contributed by atoms with Crippen LogP contribution in [0.4, 0.5) is 4.39 Å². The summed E-state index contributed by atoms with van der Waals surface area (Å²) in [5.74, 6) is -0.946. The molecule has 0 bridgehead atoms. The van der Waals surface area contributed by atoms with Gasteiger partial charge in [-0.3, -0.25) is 4.79 Å². The number of halogens is 2. The van der Waals surface area contributed by atoms with Gasteiger partial charge in [-0.05, 0) is 42.3 Å². The number of nitrogens with zero attached hydrogens (tertiary/aromatic N) is 2. The first-order valence-electron chi connectivity index (χ1n) is 10.1. The summed E-state index contributed by atoms with van der Waals surface area (Å²) in [5, 5.41) is 4.84. The van der Waals surface area contributed by atoms with E-state index in [9.17, 15) is 9.18 Å². The second-order valence-electron chi connectivity index (χ2n) is 7.58. The van der Waals surface area contributed by atoms with Crippen LogP contribution in [-0.2, 0) is 11.4 Å². The molecule has 4 rings (SSSR count). The smallest absolute Gasteiger partial charge is 0.257 e. The van der Waals surface area contributed by atoms with Crippen LogP contribution in [-0.4, -0.2) is 29.2 Å². The lowest BCUT2D eigenvalue weighted by atomic mass is 10.00. The summed E-state index contributed by atoms with van der Waals surface area (Å²) in [6, 6.07) is 21.3. The van der Waals surface area contributed by atoms with E-state index in [1.807, 2.05) is 43.3 Å². The molecule has 6 heteroatoms. The van der Waals surface area contributed by atoms with E-state index in [2.05, 4.69) is 5.16 Å². The van der Waals surface area contributed by atoms with Gasteiger partial charge in [-0.25, -0.2) is 4.39 Å². The third-order valence-corrected chi connectivity index (χ3v) is 5.50. The van der Waals surface area contributed by atoms with Gasteiger partial charge in [0.05, 0.1) is 17.8 Å². The number of rotatable bonds is 6. The van der Waals surface area contributed by atoms with Gasteiger partial charge in [0.1, 0.15) is 5.82 Å². The normalized spacial score (nSPS) is 15.3. The fourth-order valence-corrected chi connectivity index (χ4v) is 3.92. The summed E-state index contributed by atoms with van der Waals surface area (Å²) in [6.07, 6.45) is 0.256. The first-order valence-corrected chi connectivity index (χ1v) is 10.5. The van der Waals surface area contributed by atoms with Crippen LogP contribution in [0, 0.1) is 12.7 Å². The van der Waals surface area contributed by atoms with Gasteiger partial charge in [0.15, 0.2) is 6.10 Å². The topological polar surface area (TPSA) is 41.9 Å². The molecule has 0 aromatic heterocycles. The zero-order valence-corrected chi connectivity index (χ0v) is 17.8. The molecule has 31 heavy (non-hydrogen) atoms. The molecule has 1 aliphatic rings. The molecular formula is C25H22ClFN2O2. The van der Waals surface area contributed by atoms with E-state index in [4.69, 9.17) is 16.4 Å². The monoisotopic (exact) mass is 436 g/mol. The molecule has 0 N–H and O–H groups in total. The molecule has 4 nitrogen and oxygen atoms in total. The number of hydrogen-bond donors (Lipinski definition) is 0. The Bertz CT molecular complexity index is 1130. The third-order valence-electron chi connectivity index (χ3n) is 5.27. The largest absolute Gasteiger partial charge is 0.390 e. The van der Waals surface area contributed by atoms with E-state index in [1.165, 1.54) is 12.1 Å². The van der Waals surface area contributed by atoms with Crippen LogP contribution in [0.3, 0.4) is 0 Å². The minimum absolute atomic E-state index is 0.0302. The highest BCUT2D eigenvalue weighted by Crippen LogP contribution is 2.22. The van der Waals surface area contributed by atoms with Crippen LogP contribution in [0.15, 0.2) is 78.0 Å². The van der Waals surface area contributed by atoms with Crippen LogP contribution >= 0.6 is 11.6 Å². The van der Waals surface area contributed by atoms with Gasteiger partial charge in [0.2, 0.25) is 0 Å². The highest BCUT2D eigenvalue weighted by atomic mass is 35.5. The van der Waals surface area contributed by atoms with Crippen molar-refractivity contribution in [1.82, 2.24) is 4.90 Å². The molecule has 1 aliphatic heterocycles. The lowest BCUT2D eigenvalue weighted by molar-refractivity contribution is 0.0402. The fraction of sp³-hybridized carbons (Fsp3) is 0.200. The number of oxime groups is 1. The van der Waals surface area contributed by atoms with Crippen LogP contribution < -0.4 is 0 Å². The summed E-state index contributed by atoms with van der Waals surface area (Å²) in [5.41, 5.74) is 3.89. The molecule has 0 radical (unpaired) electrons. The van der Waals surface area contributed by atoms with Gasteiger partial charge in [0, 0.05) is 23.6 Å².